The molecule has 0 aromatic heterocycles. The molecule has 1 fully saturated rings. The number of nitro groups is 1. The molecule has 1 saturated heterocycles. The van der Waals surface area contributed by atoms with Gasteiger partial charge in [0.05, 0.1) is 6.10 Å². The van der Waals surface area contributed by atoms with Gasteiger partial charge in [0.1, 0.15) is 0 Å². The Bertz CT molecular complexity index is 149. The summed E-state index contributed by atoms with van der Waals surface area (Å²) in [5, 5.41) is 10.0. The summed E-state index contributed by atoms with van der Waals surface area (Å²) >= 11 is 0. The van der Waals surface area contributed by atoms with Crippen LogP contribution in [0.2, 0.25) is 0 Å². The summed E-state index contributed by atoms with van der Waals surface area (Å²) in [7, 11) is 0. The summed E-state index contributed by atoms with van der Waals surface area (Å²) in [5.41, 5.74) is 0. The van der Waals surface area contributed by atoms with E-state index in [1.807, 2.05) is 6.92 Å². The Labute approximate surface area is 65.7 Å². The minimum Gasteiger partial charge on any atom is -0.378 e. The van der Waals surface area contributed by atoms with Crippen LogP contribution in [0.5, 0.6) is 0 Å². The number of nitrogens with zero attached hydrogens (tertiary/aromatic N) is 1. The summed E-state index contributed by atoms with van der Waals surface area (Å²) in [6, 6.07) is 0. The predicted molar refractivity (Wildman–Crippen MR) is 40.0 cm³/mol. The predicted octanol–water partition coefficient (Wildman–Crippen LogP) is 1.08. The molecule has 1 aliphatic rings. The number of hydrogen-bond donors (Lipinski definition) is 0. The van der Waals surface area contributed by atoms with Crippen molar-refractivity contribution < 1.29 is 9.66 Å². The van der Waals surface area contributed by atoms with E-state index in [1.54, 1.807) is 0 Å². The zero-order valence-electron chi connectivity index (χ0n) is 6.66. The molecule has 0 spiro atoms. The van der Waals surface area contributed by atoms with Crippen LogP contribution in [0.1, 0.15) is 19.8 Å². The third kappa shape index (κ3) is 2.46. The van der Waals surface area contributed by atoms with Gasteiger partial charge in [-0.2, -0.15) is 0 Å². The van der Waals surface area contributed by atoms with E-state index in [1.165, 1.54) is 0 Å². The molecular weight excluding hydrogens is 146 g/mol. The average Bonchev–Trinajstić information content (AvgIpc) is 2.31. The summed E-state index contributed by atoms with van der Waals surface area (Å²) in [5.74, 6) is 0.403. The van der Waals surface area contributed by atoms with Crippen LogP contribution < -0.4 is 0 Å². The van der Waals surface area contributed by atoms with E-state index in [-0.39, 0.29) is 17.6 Å². The molecule has 0 aliphatic carbocycles. The molecule has 11 heavy (non-hydrogen) atoms. The standard InChI is InChI=1S/C7H13NO3/c1-6-7(3-5-11-6)2-4-8(9)10/h6-7H,2-5H2,1H3. The highest BCUT2D eigenvalue weighted by atomic mass is 16.6. The molecular formula is C7H13NO3. The van der Waals surface area contributed by atoms with Crippen LogP contribution in [0, 0.1) is 16.0 Å². The Morgan fingerprint density at radius 2 is 2.45 bits per heavy atom. The SMILES string of the molecule is CC1OCCC1CC[N+](=O)[O-]. The van der Waals surface area contributed by atoms with E-state index in [9.17, 15) is 10.1 Å². The van der Waals surface area contributed by atoms with Gasteiger partial charge in [0, 0.05) is 18.0 Å². The van der Waals surface area contributed by atoms with E-state index >= 15 is 0 Å². The Morgan fingerprint density at radius 1 is 1.73 bits per heavy atom. The highest BCUT2D eigenvalue weighted by Crippen LogP contribution is 2.23. The van der Waals surface area contributed by atoms with Gasteiger partial charge < -0.3 is 4.74 Å². The van der Waals surface area contributed by atoms with Crippen molar-refractivity contribution in [2.75, 3.05) is 13.2 Å². The molecule has 0 bridgehead atoms. The number of ether oxygens (including phenoxy) is 1. The second-order valence-corrected chi connectivity index (χ2v) is 2.97. The summed E-state index contributed by atoms with van der Waals surface area (Å²) in [4.78, 5) is 9.77. The fraction of sp³-hybridized carbons (Fsp3) is 1.00. The molecule has 64 valence electrons. The quantitative estimate of drug-likeness (QED) is 0.457. The fourth-order valence-corrected chi connectivity index (χ4v) is 1.43. The van der Waals surface area contributed by atoms with E-state index in [0.29, 0.717) is 12.3 Å². The molecule has 0 aromatic carbocycles. The Balaban J connectivity index is 2.20. The maximum absolute atomic E-state index is 10.0. The Kier molecular flexibility index (Phi) is 2.82. The molecule has 0 N–H and O–H groups in total. The third-order valence-electron chi connectivity index (χ3n) is 2.22. The first-order chi connectivity index (χ1) is 5.20. The molecule has 1 rings (SSSR count). The zero-order valence-corrected chi connectivity index (χ0v) is 6.66. The van der Waals surface area contributed by atoms with Gasteiger partial charge in [-0.05, 0) is 19.3 Å². The second-order valence-electron chi connectivity index (χ2n) is 2.97. The van der Waals surface area contributed by atoms with Crippen molar-refractivity contribution >= 4 is 0 Å². The first kappa shape index (κ1) is 8.46. The van der Waals surface area contributed by atoms with E-state index in [4.69, 9.17) is 4.74 Å². The van der Waals surface area contributed by atoms with Crippen LogP contribution in [0.25, 0.3) is 0 Å². The minimum absolute atomic E-state index is 0.0817. The summed E-state index contributed by atoms with van der Waals surface area (Å²) in [6.45, 7) is 2.83. The minimum atomic E-state index is -0.259. The Hall–Kier alpha value is -0.640. The van der Waals surface area contributed by atoms with E-state index in [2.05, 4.69) is 0 Å². The lowest BCUT2D eigenvalue weighted by Crippen LogP contribution is -2.15. The van der Waals surface area contributed by atoms with Crippen molar-refractivity contribution in [3.63, 3.8) is 0 Å². The normalized spacial score (nSPS) is 30.6. The molecule has 2 unspecified atom stereocenters. The van der Waals surface area contributed by atoms with Crippen molar-refractivity contribution in [3.05, 3.63) is 10.1 Å². The van der Waals surface area contributed by atoms with Gasteiger partial charge in [-0.1, -0.05) is 0 Å². The molecule has 0 saturated carbocycles. The van der Waals surface area contributed by atoms with Crippen LogP contribution in [-0.4, -0.2) is 24.2 Å². The van der Waals surface area contributed by atoms with Crippen LogP contribution in [0.4, 0.5) is 0 Å². The first-order valence-electron chi connectivity index (χ1n) is 3.93. The van der Waals surface area contributed by atoms with Crippen molar-refractivity contribution in [1.29, 1.82) is 0 Å². The summed E-state index contributed by atoms with van der Waals surface area (Å²) in [6.07, 6.45) is 1.86. The summed E-state index contributed by atoms with van der Waals surface area (Å²) < 4.78 is 5.28. The average molecular weight is 159 g/mol. The van der Waals surface area contributed by atoms with Gasteiger partial charge in [-0.3, -0.25) is 10.1 Å². The number of rotatable bonds is 3. The van der Waals surface area contributed by atoms with Gasteiger partial charge >= 0.3 is 0 Å². The van der Waals surface area contributed by atoms with Crippen molar-refractivity contribution in [2.24, 2.45) is 5.92 Å². The van der Waals surface area contributed by atoms with Gasteiger partial charge in [0.15, 0.2) is 0 Å². The highest BCUT2D eigenvalue weighted by Gasteiger charge is 2.25. The maximum Gasteiger partial charge on any atom is 0.204 e. The van der Waals surface area contributed by atoms with Crippen LogP contribution in [0.3, 0.4) is 0 Å². The molecule has 1 heterocycles. The third-order valence-corrected chi connectivity index (χ3v) is 2.22. The van der Waals surface area contributed by atoms with Gasteiger partial charge in [-0.15, -0.1) is 0 Å². The first-order valence-corrected chi connectivity index (χ1v) is 3.93. The van der Waals surface area contributed by atoms with Crippen molar-refractivity contribution in [3.8, 4) is 0 Å². The fourth-order valence-electron chi connectivity index (χ4n) is 1.43. The van der Waals surface area contributed by atoms with E-state index < -0.39 is 0 Å². The van der Waals surface area contributed by atoms with Gasteiger partial charge in [0.25, 0.3) is 0 Å². The molecule has 1 aliphatic heterocycles. The monoisotopic (exact) mass is 159 g/mol. The lowest BCUT2D eigenvalue weighted by Gasteiger charge is -2.10. The lowest BCUT2D eigenvalue weighted by molar-refractivity contribution is -0.481. The van der Waals surface area contributed by atoms with Crippen LogP contribution in [0.15, 0.2) is 0 Å². The second kappa shape index (κ2) is 3.67. The van der Waals surface area contributed by atoms with Gasteiger partial charge in [0.2, 0.25) is 6.54 Å². The van der Waals surface area contributed by atoms with E-state index in [0.717, 1.165) is 13.0 Å². The van der Waals surface area contributed by atoms with Crippen molar-refractivity contribution in [1.82, 2.24) is 0 Å². The van der Waals surface area contributed by atoms with Crippen molar-refractivity contribution in [2.45, 2.75) is 25.9 Å². The number of hydrogen-bond acceptors (Lipinski definition) is 3. The van der Waals surface area contributed by atoms with Crippen LogP contribution >= 0.6 is 0 Å². The Morgan fingerprint density at radius 3 is 2.91 bits per heavy atom. The zero-order chi connectivity index (χ0) is 8.27. The molecule has 0 amide bonds. The maximum atomic E-state index is 10.0. The molecule has 4 heteroatoms. The highest BCUT2D eigenvalue weighted by molar-refractivity contribution is 4.71. The molecule has 2 atom stereocenters. The topological polar surface area (TPSA) is 52.4 Å². The largest absolute Gasteiger partial charge is 0.378 e. The molecule has 0 radical (unpaired) electrons. The lowest BCUT2D eigenvalue weighted by atomic mass is 9.99. The van der Waals surface area contributed by atoms with Crippen LogP contribution in [-0.2, 0) is 4.74 Å². The van der Waals surface area contributed by atoms with Gasteiger partial charge in [-0.25, -0.2) is 0 Å². The molecule has 4 nitrogen and oxygen atoms in total. The smallest absolute Gasteiger partial charge is 0.204 e. The molecule has 0 aromatic rings.